The van der Waals surface area contributed by atoms with Crippen molar-refractivity contribution >= 4 is 15.5 Å². The molecule has 1 fully saturated rings. The Labute approximate surface area is 121 Å². The number of pyridine rings is 1. The molecule has 0 radical (unpaired) electrons. The summed E-state index contributed by atoms with van der Waals surface area (Å²) in [5.41, 5.74) is 2.08. The lowest BCUT2D eigenvalue weighted by atomic mass is 10.2. The third-order valence-electron chi connectivity index (χ3n) is 3.45. The van der Waals surface area contributed by atoms with Gasteiger partial charge in [-0.1, -0.05) is 6.92 Å². The first-order chi connectivity index (χ1) is 9.61. The second-order valence-corrected chi connectivity index (χ2v) is 7.48. The van der Waals surface area contributed by atoms with Crippen LogP contribution in [-0.4, -0.2) is 44.5 Å². The van der Waals surface area contributed by atoms with E-state index in [-0.39, 0.29) is 5.75 Å². The molecule has 0 saturated carbocycles. The monoisotopic (exact) mass is 297 g/mol. The van der Waals surface area contributed by atoms with Crippen LogP contribution in [0.1, 0.15) is 25.5 Å². The fraction of sp³-hybridized carbons (Fsp3) is 0.643. The fourth-order valence-corrected chi connectivity index (χ4v) is 3.62. The predicted molar refractivity (Wildman–Crippen MR) is 81.7 cm³/mol. The van der Waals surface area contributed by atoms with E-state index in [9.17, 15) is 8.42 Å². The van der Waals surface area contributed by atoms with Crippen molar-refractivity contribution in [1.82, 2.24) is 10.3 Å². The predicted octanol–water partition coefficient (Wildman–Crippen LogP) is 1.21. The first kappa shape index (κ1) is 15.3. The van der Waals surface area contributed by atoms with Gasteiger partial charge in [0, 0.05) is 31.5 Å². The third-order valence-corrected chi connectivity index (χ3v) is 5.17. The van der Waals surface area contributed by atoms with Gasteiger partial charge >= 0.3 is 0 Å². The van der Waals surface area contributed by atoms with Gasteiger partial charge in [-0.15, -0.1) is 0 Å². The largest absolute Gasteiger partial charge is 0.370 e. The maximum absolute atomic E-state index is 11.6. The van der Waals surface area contributed by atoms with E-state index in [2.05, 4.69) is 28.2 Å². The van der Waals surface area contributed by atoms with Crippen molar-refractivity contribution in [1.29, 1.82) is 0 Å². The summed E-state index contributed by atoms with van der Waals surface area (Å²) in [6.07, 6.45) is 3.61. The van der Waals surface area contributed by atoms with Crippen LogP contribution in [0.2, 0.25) is 0 Å². The van der Waals surface area contributed by atoms with E-state index in [1.165, 1.54) is 0 Å². The lowest BCUT2D eigenvalue weighted by Gasteiger charge is -2.22. The molecule has 1 aliphatic rings. The van der Waals surface area contributed by atoms with Gasteiger partial charge in [0.05, 0.1) is 17.2 Å². The highest BCUT2D eigenvalue weighted by Gasteiger charge is 2.19. The number of hydrogen-bond donors (Lipinski definition) is 1. The molecule has 0 bridgehead atoms. The second kappa shape index (κ2) is 7.04. The number of nitrogens with one attached hydrogen (secondary N) is 1. The van der Waals surface area contributed by atoms with Crippen molar-refractivity contribution < 1.29 is 8.42 Å². The molecule has 5 nitrogen and oxygen atoms in total. The molecule has 112 valence electrons. The van der Waals surface area contributed by atoms with Gasteiger partial charge in [0.25, 0.3) is 0 Å². The standard InChI is InChI=1S/C14H23N3O2S/c1-2-5-15-12-13-11-14(4-6-16-13)17-7-3-9-20(18,19)10-8-17/h4,6,11,15H,2-3,5,7-10,12H2,1H3. The Morgan fingerprint density at radius 3 is 3.00 bits per heavy atom. The van der Waals surface area contributed by atoms with Crippen LogP contribution in [0.15, 0.2) is 18.3 Å². The highest BCUT2D eigenvalue weighted by atomic mass is 32.2. The van der Waals surface area contributed by atoms with Crippen molar-refractivity contribution in [2.45, 2.75) is 26.3 Å². The molecule has 1 aromatic rings. The van der Waals surface area contributed by atoms with Crippen molar-refractivity contribution in [3.05, 3.63) is 24.0 Å². The smallest absolute Gasteiger partial charge is 0.152 e. The zero-order valence-electron chi connectivity index (χ0n) is 12.0. The van der Waals surface area contributed by atoms with Crippen molar-refractivity contribution in [2.75, 3.05) is 36.0 Å². The zero-order chi connectivity index (χ0) is 14.4. The van der Waals surface area contributed by atoms with E-state index >= 15 is 0 Å². The lowest BCUT2D eigenvalue weighted by molar-refractivity contribution is 0.597. The van der Waals surface area contributed by atoms with Crippen LogP contribution in [-0.2, 0) is 16.4 Å². The minimum Gasteiger partial charge on any atom is -0.370 e. The van der Waals surface area contributed by atoms with E-state index < -0.39 is 9.84 Å². The van der Waals surface area contributed by atoms with E-state index in [0.717, 1.165) is 37.4 Å². The molecule has 0 spiro atoms. The number of nitrogens with zero attached hydrogens (tertiary/aromatic N) is 2. The van der Waals surface area contributed by atoms with Crippen molar-refractivity contribution in [3.63, 3.8) is 0 Å². The molecule has 0 unspecified atom stereocenters. The van der Waals surface area contributed by atoms with E-state index in [1.54, 1.807) is 6.20 Å². The molecule has 1 aromatic heterocycles. The maximum Gasteiger partial charge on any atom is 0.152 e. The Bertz CT molecular complexity index is 531. The molecule has 1 N–H and O–H groups in total. The molecule has 20 heavy (non-hydrogen) atoms. The van der Waals surface area contributed by atoms with E-state index in [0.29, 0.717) is 18.7 Å². The summed E-state index contributed by atoms with van der Waals surface area (Å²) in [6, 6.07) is 4.02. The zero-order valence-corrected chi connectivity index (χ0v) is 12.8. The Morgan fingerprint density at radius 1 is 1.35 bits per heavy atom. The summed E-state index contributed by atoms with van der Waals surface area (Å²) in [7, 11) is -2.86. The van der Waals surface area contributed by atoms with Crippen LogP contribution in [0.25, 0.3) is 0 Å². The number of sulfone groups is 1. The minimum atomic E-state index is -2.86. The number of anilines is 1. The van der Waals surface area contributed by atoms with Gasteiger partial charge in [-0.2, -0.15) is 0 Å². The van der Waals surface area contributed by atoms with Crippen LogP contribution in [0.4, 0.5) is 5.69 Å². The van der Waals surface area contributed by atoms with Gasteiger partial charge in [-0.05, 0) is 31.5 Å². The first-order valence-electron chi connectivity index (χ1n) is 7.22. The van der Waals surface area contributed by atoms with Gasteiger partial charge in [-0.3, -0.25) is 4.98 Å². The number of hydrogen-bond acceptors (Lipinski definition) is 5. The fourth-order valence-electron chi connectivity index (χ4n) is 2.35. The minimum absolute atomic E-state index is 0.249. The topological polar surface area (TPSA) is 62.3 Å². The summed E-state index contributed by atoms with van der Waals surface area (Å²) >= 11 is 0. The molecule has 0 atom stereocenters. The number of rotatable bonds is 5. The molecular weight excluding hydrogens is 274 g/mol. The SMILES string of the molecule is CCCNCc1cc(N2CCCS(=O)(=O)CC2)ccn1. The van der Waals surface area contributed by atoms with Crippen LogP contribution >= 0.6 is 0 Å². The van der Waals surface area contributed by atoms with E-state index in [1.807, 2.05) is 6.07 Å². The van der Waals surface area contributed by atoms with Crippen LogP contribution in [0.3, 0.4) is 0 Å². The molecule has 1 saturated heterocycles. The van der Waals surface area contributed by atoms with Crippen molar-refractivity contribution in [3.8, 4) is 0 Å². The quantitative estimate of drug-likeness (QED) is 0.828. The van der Waals surface area contributed by atoms with Gasteiger partial charge in [-0.25, -0.2) is 8.42 Å². The van der Waals surface area contributed by atoms with Gasteiger partial charge in [0.2, 0.25) is 0 Å². The molecule has 0 aromatic carbocycles. The Hall–Kier alpha value is -1.14. The Balaban J connectivity index is 2.02. The summed E-state index contributed by atoms with van der Waals surface area (Å²) in [4.78, 5) is 6.50. The third kappa shape index (κ3) is 4.45. The molecule has 2 heterocycles. The summed E-state index contributed by atoms with van der Waals surface area (Å²) in [5, 5.41) is 3.33. The van der Waals surface area contributed by atoms with Crippen LogP contribution in [0, 0.1) is 0 Å². The lowest BCUT2D eigenvalue weighted by Crippen LogP contribution is -2.27. The summed E-state index contributed by atoms with van der Waals surface area (Å²) < 4.78 is 23.3. The van der Waals surface area contributed by atoms with Crippen molar-refractivity contribution in [2.24, 2.45) is 0 Å². The highest BCUT2D eigenvalue weighted by Crippen LogP contribution is 2.17. The number of aromatic nitrogens is 1. The second-order valence-electron chi connectivity index (χ2n) is 5.17. The molecule has 1 aliphatic heterocycles. The molecule has 6 heteroatoms. The maximum atomic E-state index is 11.6. The summed E-state index contributed by atoms with van der Waals surface area (Å²) in [5.74, 6) is 0.554. The molecule has 0 amide bonds. The van der Waals surface area contributed by atoms with Crippen LogP contribution < -0.4 is 10.2 Å². The average molecular weight is 297 g/mol. The Morgan fingerprint density at radius 2 is 2.20 bits per heavy atom. The average Bonchev–Trinajstić information content (AvgIpc) is 2.60. The first-order valence-corrected chi connectivity index (χ1v) is 9.04. The van der Waals surface area contributed by atoms with E-state index in [4.69, 9.17) is 0 Å². The molecule has 2 rings (SSSR count). The molecule has 0 aliphatic carbocycles. The van der Waals surface area contributed by atoms with Crippen LogP contribution in [0.5, 0.6) is 0 Å². The Kier molecular flexibility index (Phi) is 5.37. The summed E-state index contributed by atoms with van der Waals surface area (Å²) in [6.45, 7) is 5.25. The van der Waals surface area contributed by atoms with Gasteiger partial charge in [0.1, 0.15) is 0 Å². The van der Waals surface area contributed by atoms with Gasteiger partial charge in [0.15, 0.2) is 9.84 Å². The highest BCUT2D eigenvalue weighted by molar-refractivity contribution is 7.91. The normalized spacial score (nSPS) is 18.8. The molecular formula is C14H23N3O2S. The van der Waals surface area contributed by atoms with Gasteiger partial charge < -0.3 is 10.2 Å².